The molecular formula is C28H38F2O6. The van der Waals surface area contributed by atoms with E-state index in [1.807, 2.05) is 0 Å². The van der Waals surface area contributed by atoms with Crippen LogP contribution in [0.25, 0.3) is 0 Å². The summed E-state index contributed by atoms with van der Waals surface area (Å²) < 4.78 is 43.9. The highest BCUT2D eigenvalue weighted by atomic mass is 19.3. The van der Waals surface area contributed by atoms with Crippen LogP contribution in [0.15, 0.2) is 0 Å². The molecule has 0 aromatic rings. The third kappa shape index (κ3) is 3.87. The van der Waals surface area contributed by atoms with Gasteiger partial charge in [-0.1, -0.05) is 6.92 Å². The molecule has 2 atom stereocenters. The molecule has 8 bridgehead atoms. The predicted molar refractivity (Wildman–Crippen MR) is 124 cm³/mol. The molecule has 36 heavy (non-hydrogen) atoms. The minimum Gasteiger partial charge on any atom is -0.457 e. The molecule has 6 nitrogen and oxygen atoms in total. The number of esters is 3. The first-order chi connectivity index (χ1) is 17.0. The highest BCUT2D eigenvalue weighted by molar-refractivity contribution is 5.81. The summed E-state index contributed by atoms with van der Waals surface area (Å²) in [7, 11) is 0. The summed E-state index contributed by atoms with van der Waals surface area (Å²) in [6.45, 7) is 2.28. The van der Waals surface area contributed by atoms with Crippen molar-refractivity contribution in [2.75, 3.05) is 6.61 Å². The number of hydrogen-bond acceptors (Lipinski definition) is 6. The van der Waals surface area contributed by atoms with Crippen LogP contribution in [0.3, 0.4) is 0 Å². The Hall–Kier alpha value is -1.73. The Labute approximate surface area is 211 Å². The average molecular weight is 509 g/mol. The highest BCUT2D eigenvalue weighted by Gasteiger charge is 2.61. The molecule has 8 fully saturated rings. The maximum Gasteiger partial charge on any atom is 0.376 e. The summed E-state index contributed by atoms with van der Waals surface area (Å²) >= 11 is 0. The van der Waals surface area contributed by atoms with E-state index in [0.717, 1.165) is 56.8 Å². The summed E-state index contributed by atoms with van der Waals surface area (Å²) in [5.41, 5.74) is -1.14. The van der Waals surface area contributed by atoms with Gasteiger partial charge in [0.15, 0.2) is 6.61 Å². The van der Waals surface area contributed by atoms with Crippen molar-refractivity contribution in [3.8, 4) is 0 Å². The van der Waals surface area contributed by atoms with E-state index in [0.29, 0.717) is 38.0 Å². The maximum atomic E-state index is 13.4. The number of hydrogen-bond donors (Lipinski definition) is 0. The van der Waals surface area contributed by atoms with Crippen molar-refractivity contribution in [1.29, 1.82) is 0 Å². The molecule has 8 saturated carbocycles. The summed E-state index contributed by atoms with van der Waals surface area (Å²) in [4.78, 5) is 38.1. The monoisotopic (exact) mass is 508 g/mol. The van der Waals surface area contributed by atoms with Crippen molar-refractivity contribution in [3.63, 3.8) is 0 Å². The molecule has 2 unspecified atom stereocenters. The fourth-order valence-electron chi connectivity index (χ4n) is 9.96. The Morgan fingerprint density at radius 1 is 0.861 bits per heavy atom. The van der Waals surface area contributed by atoms with Crippen molar-refractivity contribution < 1.29 is 37.4 Å². The SMILES string of the molecule is CCC1(OC(=O)COC(=O)C23CC4CC(C2)C(OC(=O)C(C)(F)F)C(C4)C3)C2CC3CC(C2)CC1C3. The van der Waals surface area contributed by atoms with Gasteiger partial charge in [-0.15, -0.1) is 0 Å². The van der Waals surface area contributed by atoms with E-state index >= 15 is 0 Å². The van der Waals surface area contributed by atoms with Crippen LogP contribution in [0.4, 0.5) is 8.78 Å². The van der Waals surface area contributed by atoms with Crippen molar-refractivity contribution in [3.05, 3.63) is 0 Å². The molecule has 8 aliphatic rings. The van der Waals surface area contributed by atoms with Crippen LogP contribution in [-0.2, 0) is 28.6 Å². The molecule has 0 heterocycles. The van der Waals surface area contributed by atoms with Gasteiger partial charge < -0.3 is 14.2 Å². The van der Waals surface area contributed by atoms with Crippen LogP contribution >= 0.6 is 0 Å². The van der Waals surface area contributed by atoms with Crippen LogP contribution in [0, 0.1) is 46.8 Å². The van der Waals surface area contributed by atoms with E-state index in [2.05, 4.69) is 6.92 Å². The molecule has 0 aliphatic heterocycles. The Balaban J connectivity index is 1.08. The second-order valence-electron chi connectivity index (χ2n) is 13.2. The van der Waals surface area contributed by atoms with Gasteiger partial charge in [0.1, 0.15) is 11.7 Å². The van der Waals surface area contributed by atoms with Crippen LogP contribution in [0.5, 0.6) is 0 Å². The van der Waals surface area contributed by atoms with E-state index in [4.69, 9.17) is 14.2 Å². The zero-order chi connectivity index (χ0) is 25.5. The average Bonchev–Trinajstić information content (AvgIpc) is 2.80. The second-order valence-corrected chi connectivity index (χ2v) is 13.2. The molecule has 8 rings (SSSR count). The minimum absolute atomic E-state index is 0.126. The van der Waals surface area contributed by atoms with Gasteiger partial charge in [0.25, 0.3) is 0 Å². The van der Waals surface area contributed by atoms with E-state index in [1.54, 1.807) is 0 Å². The lowest BCUT2D eigenvalue weighted by Crippen LogP contribution is -2.60. The zero-order valence-electron chi connectivity index (χ0n) is 21.3. The Morgan fingerprint density at radius 3 is 1.97 bits per heavy atom. The molecule has 0 aromatic carbocycles. The Bertz CT molecular complexity index is 897. The van der Waals surface area contributed by atoms with Gasteiger partial charge in [0.05, 0.1) is 5.41 Å². The maximum absolute atomic E-state index is 13.4. The number of alkyl halides is 2. The molecule has 8 aliphatic carbocycles. The first-order valence-electron chi connectivity index (χ1n) is 14.0. The lowest BCUT2D eigenvalue weighted by atomic mass is 9.48. The Morgan fingerprint density at radius 2 is 1.44 bits per heavy atom. The summed E-state index contributed by atoms with van der Waals surface area (Å²) in [5.74, 6) is -3.47. The molecule has 0 aromatic heterocycles. The minimum atomic E-state index is -3.53. The van der Waals surface area contributed by atoms with Gasteiger partial charge in [-0.3, -0.25) is 4.79 Å². The summed E-state index contributed by atoms with van der Waals surface area (Å²) in [6.07, 6.45) is 9.21. The topological polar surface area (TPSA) is 78.9 Å². The highest BCUT2D eigenvalue weighted by Crippen LogP contribution is 2.62. The number of carbonyl (C=O) groups excluding carboxylic acids is 3. The van der Waals surface area contributed by atoms with Crippen LogP contribution in [0.1, 0.15) is 84.5 Å². The van der Waals surface area contributed by atoms with Gasteiger partial charge in [-0.25, -0.2) is 9.59 Å². The first kappa shape index (κ1) is 24.6. The first-order valence-corrected chi connectivity index (χ1v) is 14.0. The van der Waals surface area contributed by atoms with E-state index in [1.165, 1.54) is 6.42 Å². The third-order valence-electron chi connectivity index (χ3n) is 10.9. The van der Waals surface area contributed by atoms with Crippen molar-refractivity contribution in [1.82, 2.24) is 0 Å². The predicted octanol–water partition coefficient (Wildman–Crippen LogP) is 5.07. The lowest BCUT2D eigenvalue weighted by molar-refractivity contribution is -0.218. The lowest BCUT2D eigenvalue weighted by Gasteiger charge is -2.60. The zero-order valence-corrected chi connectivity index (χ0v) is 21.3. The number of carbonyl (C=O) groups is 3. The second kappa shape index (κ2) is 8.39. The number of halogens is 2. The molecule has 0 amide bonds. The quantitative estimate of drug-likeness (QED) is 0.353. The Kier molecular flexibility index (Phi) is 5.73. The van der Waals surface area contributed by atoms with E-state index in [-0.39, 0.29) is 30.3 Å². The van der Waals surface area contributed by atoms with Crippen molar-refractivity contribution in [2.45, 2.75) is 102 Å². The van der Waals surface area contributed by atoms with Gasteiger partial charge in [-0.2, -0.15) is 8.78 Å². The van der Waals surface area contributed by atoms with E-state index < -0.39 is 35.0 Å². The smallest absolute Gasteiger partial charge is 0.376 e. The molecule has 8 heteroatoms. The van der Waals surface area contributed by atoms with Crippen LogP contribution in [0.2, 0.25) is 0 Å². The molecule has 0 spiro atoms. The normalized spacial score (nSPS) is 46.0. The van der Waals surface area contributed by atoms with Crippen molar-refractivity contribution in [2.24, 2.45) is 46.8 Å². The van der Waals surface area contributed by atoms with Gasteiger partial charge in [0.2, 0.25) is 0 Å². The van der Waals surface area contributed by atoms with E-state index in [9.17, 15) is 23.2 Å². The molecule has 0 N–H and O–H groups in total. The largest absolute Gasteiger partial charge is 0.457 e. The van der Waals surface area contributed by atoms with Gasteiger partial charge in [0, 0.05) is 6.92 Å². The number of ether oxygens (including phenoxy) is 3. The van der Waals surface area contributed by atoms with Crippen LogP contribution in [-0.4, -0.2) is 42.1 Å². The molecular weight excluding hydrogens is 470 g/mol. The summed E-state index contributed by atoms with van der Waals surface area (Å²) in [6, 6.07) is 0. The van der Waals surface area contributed by atoms with Crippen molar-refractivity contribution >= 4 is 17.9 Å². The molecule has 200 valence electrons. The van der Waals surface area contributed by atoms with Crippen LogP contribution < -0.4 is 0 Å². The fraction of sp³-hybridized carbons (Fsp3) is 0.893. The standard InChI is InChI=1S/C28H38F2O6/c1-3-28(20-7-15-4-16(9-20)10-21(28)8-15)36-22(31)14-34-25(33)27-11-17-5-18(12-27)23(19(6-17)13-27)35-24(32)26(2,29)30/h15-21,23H,3-14H2,1-2H3. The summed E-state index contributed by atoms with van der Waals surface area (Å²) in [5, 5.41) is 0. The molecule has 0 radical (unpaired) electrons. The molecule has 0 saturated heterocycles. The third-order valence-corrected chi connectivity index (χ3v) is 10.9. The fourth-order valence-corrected chi connectivity index (χ4v) is 9.96. The van der Waals surface area contributed by atoms with Gasteiger partial charge >= 0.3 is 23.8 Å². The van der Waals surface area contributed by atoms with Gasteiger partial charge in [-0.05, 0) is 112 Å². The number of rotatable bonds is 7.